The Balaban J connectivity index is 1.45. The number of ether oxygens (including phenoxy) is 1. The minimum atomic E-state index is -4.61. The highest BCUT2D eigenvalue weighted by atomic mass is 32.1. The molecule has 0 bridgehead atoms. The third-order valence-electron chi connectivity index (χ3n) is 5.04. The van der Waals surface area contributed by atoms with Gasteiger partial charge < -0.3 is 20.7 Å². The van der Waals surface area contributed by atoms with E-state index in [2.05, 4.69) is 30.3 Å². The minimum Gasteiger partial charge on any atom is -0.487 e. The third-order valence-corrected chi connectivity index (χ3v) is 5.90. The van der Waals surface area contributed by atoms with E-state index in [1.807, 2.05) is 0 Å². The Morgan fingerprint density at radius 2 is 1.97 bits per heavy atom. The molecule has 180 valence electrons. The highest BCUT2D eigenvalue weighted by molar-refractivity contribution is 7.10. The summed E-state index contributed by atoms with van der Waals surface area (Å²) in [6.07, 6.45) is -1.62. The first-order chi connectivity index (χ1) is 16.2. The number of halogens is 4. The van der Waals surface area contributed by atoms with Crippen molar-refractivity contribution in [1.29, 1.82) is 0 Å². The predicted molar refractivity (Wildman–Crippen MR) is 118 cm³/mol. The van der Waals surface area contributed by atoms with Crippen LogP contribution in [0, 0.1) is 12.7 Å². The standard InChI is InChI=1S/C21H20F4N6O2S/c1-11-18(20(34-31-11)30-17-10-27-16(9-28-17)21(23,24)25)19(32)29-12-2-3-15(14(22)8-12)33-13-4-6-26-7-5-13/h2-3,8-10,13,26H,4-7H2,1H3,(H,28,30)(H,29,32). The molecule has 1 amide bonds. The number of rotatable bonds is 6. The van der Waals surface area contributed by atoms with E-state index in [0.29, 0.717) is 11.9 Å². The van der Waals surface area contributed by atoms with Gasteiger partial charge >= 0.3 is 6.18 Å². The summed E-state index contributed by atoms with van der Waals surface area (Å²) in [5.41, 5.74) is -0.379. The van der Waals surface area contributed by atoms with Crippen LogP contribution in [-0.4, -0.2) is 39.4 Å². The van der Waals surface area contributed by atoms with Crippen LogP contribution in [0.2, 0.25) is 0 Å². The summed E-state index contributed by atoms with van der Waals surface area (Å²) in [5, 5.41) is 8.84. The van der Waals surface area contributed by atoms with Crippen molar-refractivity contribution in [2.45, 2.75) is 32.0 Å². The molecule has 3 aromatic rings. The van der Waals surface area contributed by atoms with Crippen molar-refractivity contribution in [3.05, 3.63) is 53.4 Å². The zero-order valence-corrected chi connectivity index (χ0v) is 18.7. The molecule has 2 aromatic heterocycles. The molecule has 0 radical (unpaired) electrons. The number of anilines is 3. The quantitative estimate of drug-likeness (QED) is 0.431. The molecule has 1 aromatic carbocycles. The molecule has 0 spiro atoms. The predicted octanol–water partition coefficient (Wildman–Crippen LogP) is 4.53. The van der Waals surface area contributed by atoms with Crippen LogP contribution in [0.4, 0.5) is 34.1 Å². The number of nitrogens with one attached hydrogen (secondary N) is 3. The van der Waals surface area contributed by atoms with E-state index in [0.717, 1.165) is 49.7 Å². The summed E-state index contributed by atoms with van der Waals surface area (Å²) in [7, 11) is 0. The van der Waals surface area contributed by atoms with E-state index in [4.69, 9.17) is 4.74 Å². The van der Waals surface area contributed by atoms with Crippen LogP contribution in [-0.2, 0) is 6.18 Å². The summed E-state index contributed by atoms with van der Waals surface area (Å²) >= 11 is 0.934. The lowest BCUT2D eigenvalue weighted by atomic mass is 10.1. The molecule has 1 fully saturated rings. The van der Waals surface area contributed by atoms with E-state index in [-0.39, 0.29) is 33.9 Å². The van der Waals surface area contributed by atoms with E-state index in [9.17, 15) is 22.4 Å². The van der Waals surface area contributed by atoms with Crippen molar-refractivity contribution in [2.24, 2.45) is 0 Å². The second kappa shape index (κ2) is 9.89. The zero-order valence-electron chi connectivity index (χ0n) is 17.9. The topological polar surface area (TPSA) is 101 Å². The Bertz CT molecular complexity index is 1160. The third kappa shape index (κ3) is 5.59. The summed E-state index contributed by atoms with van der Waals surface area (Å²) in [6, 6.07) is 4.15. The van der Waals surface area contributed by atoms with Crippen molar-refractivity contribution >= 4 is 33.9 Å². The van der Waals surface area contributed by atoms with Gasteiger partial charge in [-0.25, -0.2) is 14.4 Å². The summed E-state index contributed by atoms with van der Waals surface area (Å²) in [6.45, 7) is 3.22. The first kappa shape index (κ1) is 23.8. The maximum Gasteiger partial charge on any atom is 0.434 e. The smallest absolute Gasteiger partial charge is 0.434 e. The van der Waals surface area contributed by atoms with Crippen molar-refractivity contribution in [3.63, 3.8) is 0 Å². The van der Waals surface area contributed by atoms with Crippen LogP contribution in [0.1, 0.15) is 34.6 Å². The molecular formula is C21H20F4N6O2S. The number of hydrogen-bond acceptors (Lipinski definition) is 8. The molecule has 3 N–H and O–H groups in total. The van der Waals surface area contributed by atoms with Gasteiger partial charge in [-0.2, -0.15) is 17.5 Å². The average Bonchev–Trinajstić information content (AvgIpc) is 3.16. The molecule has 4 rings (SSSR count). The number of aromatic nitrogens is 3. The molecule has 1 aliphatic heterocycles. The highest BCUT2D eigenvalue weighted by Crippen LogP contribution is 2.31. The second-order valence-corrected chi connectivity index (χ2v) is 8.32. The van der Waals surface area contributed by atoms with E-state index >= 15 is 0 Å². The fraction of sp³-hybridized carbons (Fsp3) is 0.333. The normalized spacial score (nSPS) is 14.6. The number of aryl methyl sites for hydroxylation is 1. The van der Waals surface area contributed by atoms with Gasteiger partial charge in [-0.15, -0.1) is 0 Å². The Morgan fingerprint density at radius 3 is 2.62 bits per heavy atom. The molecule has 34 heavy (non-hydrogen) atoms. The van der Waals surface area contributed by atoms with Gasteiger partial charge in [0.25, 0.3) is 5.91 Å². The molecular weight excluding hydrogens is 476 g/mol. The molecule has 8 nitrogen and oxygen atoms in total. The van der Waals surface area contributed by atoms with Crippen LogP contribution >= 0.6 is 11.5 Å². The van der Waals surface area contributed by atoms with Crippen LogP contribution in [0.3, 0.4) is 0 Å². The van der Waals surface area contributed by atoms with Crippen LogP contribution in [0.25, 0.3) is 0 Å². The van der Waals surface area contributed by atoms with Gasteiger partial charge in [0.1, 0.15) is 16.9 Å². The van der Waals surface area contributed by atoms with Gasteiger partial charge in [-0.05, 0) is 56.5 Å². The van der Waals surface area contributed by atoms with Crippen LogP contribution in [0.5, 0.6) is 5.75 Å². The molecule has 0 saturated carbocycles. The maximum atomic E-state index is 14.6. The zero-order chi connectivity index (χ0) is 24.3. The van der Waals surface area contributed by atoms with Gasteiger partial charge in [0, 0.05) is 11.8 Å². The van der Waals surface area contributed by atoms with Gasteiger partial charge in [-0.3, -0.25) is 4.79 Å². The van der Waals surface area contributed by atoms with Crippen LogP contribution in [0.15, 0.2) is 30.6 Å². The average molecular weight is 496 g/mol. The summed E-state index contributed by atoms with van der Waals surface area (Å²) in [5.74, 6) is -1.05. The SMILES string of the molecule is Cc1nsc(Nc2cnc(C(F)(F)F)cn2)c1C(=O)Nc1ccc(OC2CCNCC2)c(F)c1. The van der Waals surface area contributed by atoms with Crippen LogP contribution < -0.4 is 20.7 Å². The monoisotopic (exact) mass is 496 g/mol. The molecule has 1 saturated heterocycles. The Morgan fingerprint density at radius 1 is 1.21 bits per heavy atom. The number of carbonyl (C=O) groups is 1. The second-order valence-electron chi connectivity index (χ2n) is 7.55. The molecule has 0 atom stereocenters. The number of benzene rings is 1. The molecule has 0 aliphatic carbocycles. The summed E-state index contributed by atoms with van der Waals surface area (Å²) in [4.78, 5) is 19.9. The Labute approximate surface area is 195 Å². The van der Waals surface area contributed by atoms with Crippen molar-refractivity contribution < 1.29 is 27.1 Å². The van der Waals surface area contributed by atoms with E-state index in [1.165, 1.54) is 12.1 Å². The largest absolute Gasteiger partial charge is 0.487 e. The number of amides is 1. The fourth-order valence-electron chi connectivity index (χ4n) is 3.34. The number of hydrogen-bond donors (Lipinski definition) is 3. The van der Waals surface area contributed by atoms with Crippen molar-refractivity contribution in [3.8, 4) is 5.75 Å². The lowest BCUT2D eigenvalue weighted by molar-refractivity contribution is -0.141. The van der Waals surface area contributed by atoms with E-state index < -0.39 is 23.6 Å². The maximum absolute atomic E-state index is 14.6. The minimum absolute atomic E-state index is 0.0103. The molecule has 1 aliphatic rings. The first-order valence-electron chi connectivity index (χ1n) is 10.3. The van der Waals surface area contributed by atoms with Gasteiger partial charge in [0.15, 0.2) is 17.3 Å². The first-order valence-corrected chi connectivity index (χ1v) is 11.1. The fourth-order valence-corrected chi connectivity index (χ4v) is 4.14. The van der Waals surface area contributed by atoms with Crippen molar-refractivity contribution in [2.75, 3.05) is 23.7 Å². The molecule has 0 unspecified atom stereocenters. The van der Waals surface area contributed by atoms with E-state index in [1.54, 1.807) is 6.92 Å². The van der Waals surface area contributed by atoms with Crippen molar-refractivity contribution in [1.82, 2.24) is 19.7 Å². The number of carbonyl (C=O) groups excluding carboxylic acids is 1. The molecule has 3 heterocycles. The lowest BCUT2D eigenvalue weighted by Crippen LogP contribution is -2.34. The number of nitrogens with zero attached hydrogens (tertiary/aromatic N) is 3. The van der Waals surface area contributed by atoms with Gasteiger partial charge in [0.05, 0.1) is 23.7 Å². The Hall–Kier alpha value is -3.32. The highest BCUT2D eigenvalue weighted by Gasteiger charge is 2.32. The Kier molecular flexibility index (Phi) is 6.93. The summed E-state index contributed by atoms with van der Waals surface area (Å²) < 4.78 is 62.4. The lowest BCUT2D eigenvalue weighted by Gasteiger charge is -2.24. The van der Waals surface area contributed by atoms with Gasteiger partial charge in [0.2, 0.25) is 0 Å². The number of piperidine rings is 1. The van der Waals surface area contributed by atoms with Gasteiger partial charge in [-0.1, -0.05) is 0 Å². The molecule has 13 heteroatoms. The number of alkyl halides is 3.